The molecule has 0 unspecified atom stereocenters. The molecule has 1 aromatic heterocycles. The quantitative estimate of drug-likeness (QED) is 0.931. The van der Waals surface area contributed by atoms with Gasteiger partial charge in [0.1, 0.15) is 5.82 Å². The fourth-order valence-electron chi connectivity index (χ4n) is 3.34. The molecule has 1 amide bonds. The van der Waals surface area contributed by atoms with Gasteiger partial charge < -0.3 is 10.2 Å². The highest BCUT2D eigenvalue weighted by molar-refractivity contribution is 6.00. The normalized spacial score (nSPS) is 19.1. The van der Waals surface area contributed by atoms with Crippen molar-refractivity contribution in [2.75, 3.05) is 18.0 Å². The van der Waals surface area contributed by atoms with Crippen LogP contribution in [0.3, 0.4) is 0 Å². The van der Waals surface area contributed by atoms with Crippen LogP contribution in [0.15, 0.2) is 18.3 Å². The van der Waals surface area contributed by atoms with E-state index in [1.165, 1.54) is 25.7 Å². The lowest BCUT2D eigenvalue weighted by atomic mass is 9.94. The number of allylic oxidation sites excluding steroid dienone is 1. The number of aryl methyl sites for hydroxylation is 2. The van der Waals surface area contributed by atoms with Gasteiger partial charge in [-0.05, 0) is 63.5 Å². The Kier molecular flexibility index (Phi) is 3.71. The third-order valence-corrected chi connectivity index (χ3v) is 4.94. The van der Waals surface area contributed by atoms with Crippen LogP contribution in [0.4, 0.5) is 5.82 Å². The standard InChI is InChI=1S/C18H25N3O/c1-12(2)19-17(22)15-10-13(3)14(4)20-16(15)21-9-5-6-18(11-21)7-8-18/h10H,1,5-9,11H2,2-4H3,(H,19,22). The number of anilines is 1. The molecule has 2 aliphatic rings. The van der Waals surface area contributed by atoms with E-state index in [9.17, 15) is 4.79 Å². The van der Waals surface area contributed by atoms with Crippen LogP contribution in [0.2, 0.25) is 0 Å². The van der Waals surface area contributed by atoms with E-state index in [0.717, 1.165) is 30.2 Å². The van der Waals surface area contributed by atoms with Crippen molar-refractivity contribution < 1.29 is 4.79 Å². The van der Waals surface area contributed by atoms with Crippen LogP contribution in [-0.4, -0.2) is 24.0 Å². The maximum absolute atomic E-state index is 12.5. The number of amides is 1. The molecule has 3 rings (SSSR count). The van der Waals surface area contributed by atoms with Crippen LogP contribution >= 0.6 is 0 Å². The summed E-state index contributed by atoms with van der Waals surface area (Å²) >= 11 is 0. The molecule has 2 heterocycles. The number of pyridine rings is 1. The summed E-state index contributed by atoms with van der Waals surface area (Å²) in [4.78, 5) is 19.6. The van der Waals surface area contributed by atoms with E-state index in [4.69, 9.17) is 4.98 Å². The summed E-state index contributed by atoms with van der Waals surface area (Å²) in [5, 5.41) is 2.82. The highest BCUT2D eigenvalue weighted by Crippen LogP contribution is 2.52. The minimum atomic E-state index is -0.103. The maximum atomic E-state index is 12.5. The molecule has 22 heavy (non-hydrogen) atoms. The van der Waals surface area contributed by atoms with Gasteiger partial charge in [-0.3, -0.25) is 4.79 Å². The molecule has 1 saturated carbocycles. The van der Waals surface area contributed by atoms with Gasteiger partial charge >= 0.3 is 0 Å². The Morgan fingerprint density at radius 2 is 2.09 bits per heavy atom. The number of nitrogens with one attached hydrogen (secondary N) is 1. The first-order valence-corrected chi connectivity index (χ1v) is 8.10. The van der Waals surface area contributed by atoms with E-state index in [0.29, 0.717) is 16.7 Å². The highest BCUT2D eigenvalue weighted by Gasteiger charge is 2.46. The van der Waals surface area contributed by atoms with Gasteiger partial charge in [0, 0.05) is 24.5 Å². The SMILES string of the molecule is C=C(C)NC(=O)c1cc(C)c(C)nc1N1CCCC2(CC2)C1. The number of piperidine rings is 1. The maximum Gasteiger partial charge on any atom is 0.259 e. The minimum absolute atomic E-state index is 0.103. The first-order chi connectivity index (χ1) is 10.4. The molecule has 2 fully saturated rings. The fourth-order valence-corrected chi connectivity index (χ4v) is 3.34. The molecule has 1 saturated heterocycles. The molecule has 1 N–H and O–H groups in total. The number of nitrogens with zero attached hydrogens (tertiary/aromatic N) is 2. The second-order valence-corrected chi connectivity index (χ2v) is 7.02. The second-order valence-electron chi connectivity index (χ2n) is 7.02. The van der Waals surface area contributed by atoms with Gasteiger partial charge in [-0.25, -0.2) is 4.98 Å². The molecular formula is C18H25N3O. The number of hydrogen-bond donors (Lipinski definition) is 1. The predicted molar refractivity (Wildman–Crippen MR) is 89.1 cm³/mol. The summed E-state index contributed by atoms with van der Waals surface area (Å²) < 4.78 is 0. The van der Waals surface area contributed by atoms with Crippen LogP contribution in [0.25, 0.3) is 0 Å². The van der Waals surface area contributed by atoms with Crippen molar-refractivity contribution in [3.63, 3.8) is 0 Å². The fraction of sp³-hybridized carbons (Fsp3) is 0.556. The molecule has 4 nitrogen and oxygen atoms in total. The topological polar surface area (TPSA) is 45.2 Å². The zero-order chi connectivity index (χ0) is 15.9. The lowest BCUT2D eigenvalue weighted by Gasteiger charge is -2.35. The van der Waals surface area contributed by atoms with Crippen molar-refractivity contribution in [2.24, 2.45) is 5.41 Å². The summed E-state index contributed by atoms with van der Waals surface area (Å²) in [6.07, 6.45) is 5.15. The van der Waals surface area contributed by atoms with Gasteiger partial charge in [-0.15, -0.1) is 0 Å². The molecule has 0 radical (unpaired) electrons. The Labute approximate surface area is 132 Å². The molecule has 0 aromatic carbocycles. The summed E-state index contributed by atoms with van der Waals surface area (Å²) in [6.45, 7) is 11.6. The van der Waals surface area contributed by atoms with Gasteiger partial charge in [-0.1, -0.05) is 6.58 Å². The number of carbonyl (C=O) groups is 1. The molecule has 0 atom stereocenters. The van der Waals surface area contributed by atoms with Gasteiger partial charge in [0.05, 0.1) is 5.56 Å². The van der Waals surface area contributed by atoms with Gasteiger partial charge in [-0.2, -0.15) is 0 Å². The lowest BCUT2D eigenvalue weighted by molar-refractivity contribution is 0.0966. The van der Waals surface area contributed by atoms with E-state index in [-0.39, 0.29) is 5.91 Å². The molecule has 1 aliphatic carbocycles. The summed E-state index contributed by atoms with van der Waals surface area (Å²) in [5.74, 6) is 0.737. The monoisotopic (exact) mass is 299 g/mol. The van der Waals surface area contributed by atoms with E-state index >= 15 is 0 Å². The van der Waals surface area contributed by atoms with Crippen LogP contribution in [-0.2, 0) is 0 Å². The van der Waals surface area contributed by atoms with E-state index in [1.807, 2.05) is 19.9 Å². The van der Waals surface area contributed by atoms with Crippen molar-refractivity contribution in [1.29, 1.82) is 0 Å². The Balaban J connectivity index is 1.96. The van der Waals surface area contributed by atoms with Crippen LogP contribution in [0, 0.1) is 19.3 Å². The Morgan fingerprint density at radius 3 is 2.73 bits per heavy atom. The summed E-state index contributed by atoms with van der Waals surface area (Å²) in [7, 11) is 0. The molecule has 0 bridgehead atoms. The van der Waals surface area contributed by atoms with Crippen LogP contribution in [0.1, 0.15) is 54.2 Å². The number of aromatic nitrogens is 1. The largest absolute Gasteiger partial charge is 0.355 e. The lowest BCUT2D eigenvalue weighted by Crippen LogP contribution is -2.38. The van der Waals surface area contributed by atoms with Crippen molar-refractivity contribution in [3.8, 4) is 0 Å². The Hall–Kier alpha value is -1.84. The molecule has 1 spiro atoms. The average molecular weight is 299 g/mol. The predicted octanol–water partition coefficient (Wildman–Crippen LogP) is 3.34. The molecule has 4 heteroatoms. The third kappa shape index (κ3) is 2.87. The molecular weight excluding hydrogens is 274 g/mol. The van der Waals surface area contributed by atoms with E-state index < -0.39 is 0 Å². The zero-order valence-corrected chi connectivity index (χ0v) is 13.8. The van der Waals surface area contributed by atoms with Crippen molar-refractivity contribution in [2.45, 2.75) is 46.5 Å². The molecule has 1 aromatic rings. The second kappa shape index (κ2) is 5.41. The zero-order valence-electron chi connectivity index (χ0n) is 13.8. The average Bonchev–Trinajstić information content (AvgIpc) is 3.19. The highest BCUT2D eigenvalue weighted by atomic mass is 16.1. The molecule has 1 aliphatic heterocycles. The van der Waals surface area contributed by atoms with Crippen LogP contribution < -0.4 is 10.2 Å². The van der Waals surface area contributed by atoms with E-state index in [2.05, 4.69) is 16.8 Å². The smallest absolute Gasteiger partial charge is 0.259 e. The van der Waals surface area contributed by atoms with E-state index in [1.54, 1.807) is 6.92 Å². The number of carbonyl (C=O) groups excluding carboxylic acids is 1. The summed E-state index contributed by atoms with van der Waals surface area (Å²) in [6, 6.07) is 1.96. The van der Waals surface area contributed by atoms with Crippen molar-refractivity contribution >= 4 is 11.7 Å². The third-order valence-electron chi connectivity index (χ3n) is 4.94. The first kappa shape index (κ1) is 15.1. The number of hydrogen-bond acceptors (Lipinski definition) is 3. The van der Waals surface area contributed by atoms with Crippen molar-refractivity contribution in [3.05, 3.63) is 35.2 Å². The van der Waals surface area contributed by atoms with Crippen LogP contribution in [0.5, 0.6) is 0 Å². The molecule has 118 valence electrons. The Bertz CT molecular complexity index is 631. The van der Waals surface area contributed by atoms with Gasteiger partial charge in [0.25, 0.3) is 5.91 Å². The minimum Gasteiger partial charge on any atom is -0.355 e. The Morgan fingerprint density at radius 1 is 1.36 bits per heavy atom. The van der Waals surface area contributed by atoms with Gasteiger partial charge in [0.2, 0.25) is 0 Å². The number of rotatable bonds is 3. The first-order valence-electron chi connectivity index (χ1n) is 8.10. The van der Waals surface area contributed by atoms with Gasteiger partial charge in [0.15, 0.2) is 0 Å². The summed E-state index contributed by atoms with van der Waals surface area (Å²) in [5.41, 5.74) is 3.88. The van der Waals surface area contributed by atoms with Crippen molar-refractivity contribution in [1.82, 2.24) is 10.3 Å².